The molecule has 66 valence electrons. The van der Waals surface area contributed by atoms with Crippen molar-refractivity contribution in [3.8, 4) is 18.4 Å². The molecule has 0 aromatic carbocycles. The van der Waals surface area contributed by atoms with E-state index in [1.807, 2.05) is 13.0 Å². The molecule has 0 saturated carbocycles. The molecule has 2 heteroatoms. The Labute approximate surface area is 78.2 Å². The number of hydrogen-bond acceptors (Lipinski definition) is 2. The minimum absolute atomic E-state index is 0.123. The van der Waals surface area contributed by atoms with Crippen LogP contribution >= 0.6 is 0 Å². The number of carbonyl (C=O) groups excluding carboxylic acids is 1. The fraction of sp³-hybridized carbons (Fsp3) is 0.455. The van der Waals surface area contributed by atoms with Crippen molar-refractivity contribution in [1.82, 2.24) is 0 Å². The van der Waals surface area contributed by atoms with Crippen molar-refractivity contribution in [1.29, 1.82) is 5.26 Å². The van der Waals surface area contributed by atoms with Gasteiger partial charge in [-0.05, 0) is 18.9 Å². The monoisotopic (exact) mass is 173 g/mol. The Kier molecular flexibility index (Phi) is 2.54. The van der Waals surface area contributed by atoms with Crippen molar-refractivity contribution in [2.75, 3.05) is 0 Å². The van der Waals surface area contributed by atoms with Gasteiger partial charge in [-0.15, -0.1) is 6.42 Å². The quantitative estimate of drug-likeness (QED) is 0.566. The normalized spacial score (nSPS) is 32.2. The zero-order valence-corrected chi connectivity index (χ0v) is 7.58. The maximum absolute atomic E-state index is 11.2. The molecule has 0 N–H and O–H groups in total. The van der Waals surface area contributed by atoms with Gasteiger partial charge < -0.3 is 0 Å². The first-order chi connectivity index (χ1) is 6.17. The molecular formula is C11H11NO. The van der Waals surface area contributed by atoms with Crippen molar-refractivity contribution in [3.05, 3.63) is 12.2 Å². The third kappa shape index (κ3) is 1.63. The van der Waals surface area contributed by atoms with Gasteiger partial charge in [-0.25, -0.2) is 0 Å². The summed E-state index contributed by atoms with van der Waals surface area (Å²) in [6.45, 7) is 1.97. The van der Waals surface area contributed by atoms with E-state index < -0.39 is 5.92 Å². The average Bonchev–Trinajstić information content (AvgIpc) is 2.19. The summed E-state index contributed by atoms with van der Waals surface area (Å²) in [4.78, 5) is 11.2. The number of carbonyl (C=O) groups is 1. The van der Waals surface area contributed by atoms with Crippen LogP contribution in [0.25, 0.3) is 0 Å². The van der Waals surface area contributed by atoms with Crippen LogP contribution in [-0.4, -0.2) is 5.78 Å². The number of hydrogen-bond donors (Lipinski definition) is 0. The van der Waals surface area contributed by atoms with E-state index in [0.29, 0.717) is 6.42 Å². The van der Waals surface area contributed by atoms with Gasteiger partial charge in [0.25, 0.3) is 0 Å². The highest BCUT2D eigenvalue weighted by Gasteiger charge is 2.33. The number of nitrogens with zero attached hydrogens (tertiary/aromatic N) is 1. The second kappa shape index (κ2) is 3.46. The highest BCUT2D eigenvalue weighted by atomic mass is 16.1. The van der Waals surface area contributed by atoms with E-state index in [0.717, 1.165) is 6.42 Å². The molecule has 1 aliphatic rings. The Balaban J connectivity index is 2.99. The smallest absolute Gasteiger partial charge is 0.172 e. The summed E-state index contributed by atoms with van der Waals surface area (Å²) < 4.78 is 0. The van der Waals surface area contributed by atoms with Crippen LogP contribution < -0.4 is 0 Å². The molecule has 0 spiro atoms. The maximum Gasteiger partial charge on any atom is 0.172 e. The fourth-order valence-electron chi connectivity index (χ4n) is 1.47. The standard InChI is InChI=1S/C11H11NO/c1-3-11(4-2)6-5-10(13)9(7-11)8-12/h1,5-6,9H,4,7H2,2H3. The van der Waals surface area contributed by atoms with Gasteiger partial charge >= 0.3 is 0 Å². The van der Waals surface area contributed by atoms with Crippen LogP contribution in [0.15, 0.2) is 12.2 Å². The fourth-order valence-corrected chi connectivity index (χ4v) is 1.47. The lowest BCUT2D eigenvalue weighted by atomic mass is 9.73. The molecule has 2 unspecified atom stereocenters. The summed E-state index contributed by atoms with van der Waals surface area (Å²) in [5, 5.41) is 8.71. The first kappa shape index (κ1) is 9.55. The Morgan fingerprint density at radius 2 is 2.54 bits per heavy atom. The van der Waals surface area contributed by atoms with Gasteiger partial charge in [0.1, 0.15) is 5.92 Å². The Morgan fingerprint density at radius 3 is 3.00 bits per heavy atom. The molecule has 0 saturated heterocycles. The van der Waals surface area contributed by atoms with Gasteiger partial charge in [-0.1, -0.05) is 18.9 Å². The second-order valence-electron chi connectivity index (χ2n) is 3.28. The summed E-state index contributed by atoms with van der Waals surface area (Å²) in [5.41, 5.74) is -0.381. The van der Waals surface area contributed by atoms with Crippen LogP contribution in [0.1, 0.15) is 19.8 Å². The SMILES string of the molecule is C#CC1(CC)C=CC(=O)C(C#N)C1. The van der Waals surface area contributed by atoms with Crippen molar-refractivity contribution >= 4 is 5.78 Å². The topological polar surface area (TPSA) is 40.9 Å². The molecule has 0 bridgehead atoms. The molecule has 0 heterocycles. The molecule has 2 atom stereocenters. The number of ketones is 1. The zero-order valence-electron chi connectivity index (χ0n) is 7.58. The van der Waals surface area contributed by atoms with E-state index in [1.54, 1.807) is 6.08 Å². The minimum Gasteiger partial charge on any atom is -0.293 e. The van der Waals surface area contributed by atoms with Gasteiger partial charge in [0.2, 0.25) is 0 Å². The van der Waals surface area contributed by atoms with Crippen molar-refractivity contribution in [3.63, 3.8) is 0 Å². The zero-order chi connectivity index (χ0) is 9.90. The highest BCUT2D eigenvalue weighted by Crippen LogP contribution is 2.34. The first-order valence-electron chi connectivity index (χ1n) is 4.28. The predicted octanol–water partition coefficient (Wildman–Crippen LogP) is 1.68. The number of rotatable bonds is 1. The third-order valence-electron chi connectivity index (χ3n) is 2.55. The molecule has 1 aliphatic carbocycles. The lowest BCUT2D eigenvalue weighted by Crippen LogP contribution is -2.27. The highest BCUT2D eigenvalue weighted by molar-refractivity contribution is 5.94. The minimum atomic E-state index is -0.555. The number of nitriles is 1. The Hall–Kier alpha value is -1.54. The first-order valence-corrected chi connectivity index (χ1v) is 4.28. The summed E-state index contributed by atoms with van der Waals surface area (Å²) in [7, 11) is 0. The van der Waals surface area contributed by atoms with Crippen LogP contribution in [0, 0.1) is 35.0 Å². The molecule has 0 radical (unpaired) electrons. The van der Waals surface area contributed by atoms with E-state index in [1.165, 1.54) is 6.08 Å². The summed E-state index contributed by atoms with van der Waals surface area (Å²) in [6.07, 6.45) is 9.82. The van der Waals surface area contributed by atoms with E-state index in [-0.39, 0.29) is 11.2 Å². The van der Waals surface area contributed by atoms with Crippen LogP contribution in [0.4, 0.5) is 0 Å². The second-order valence-corrected chi connectivity index (χ2v) is 3.28. The molecule has 0 aliphatic heterocycles. The van der Waals surface area contributed by atoms with Gasteiger partial charge in [0, 0.05) is 0 Å². The largest absolute Gasteiger partial charge is 0.293 e. The lowest BCUT2D eigenvalue weighted by Gasteiger charge is -2.27. The predicted molar refractivity (Wildman–Crippen MR) is 49.4 cm³/mol. The maximum atomic E-state index is 11.2. The van der Waals surface area contributed by atoms with Gasteiger partial charge in [-0.3, -0.25) is 4.79 Å². The van der Waals surface area contributed by atoms with E-state index in [4.69, 9.17) is 11.7 Å². The molecule has 2 nitrogen and oxygen atoms in total. The molecule has 0 aromatic heterocycles. The van der Waals surface area contributed by atoms with E-state index >= 15 is 0 Å². The molecule has 1 rings (SSSR count). The van der Waals surface area contributed by atoms with Gasteiger partial charge in [-0.2, -0.15) is 5.26 Å². The number of terminal acetylenes is 1. The summed E-state index contributed by atoms with van der Waals surface area (Å²) in [5.74, 6) is 1.98. The third-order valence-corrected chi connectivity index (χ3v) is 2.55. The van der Waals surface area contributed by atoms with Crippen LogP contribution in [0.3, 0.4) is 0 Å². The van der Waals surface area contributed by atoms with Crippen molar-refractivity contribution < 1.29 is 4.79 Å². The van der Waals surface area contributed by atoms with E-state index in [2.05, 4.69) is 5.92 Å². The van der Waals surface area contributed by atoms with Crippen molar-refractivity contribution in [2.45, 2.75) is 19.8 Å². The van der Waals surface area contributed by atoms with Crippen LogP contribution in [-0.2, 0) is 4.79 Å². The molecule has 0 fully saturated rings. The van der Waals surface area contributed by atoms with E-state index in [9.17, 15) is 4.79 Å². The molecule has 13 heavy (non-hydrogen) atoms. The lowest BCUT2D eigenvalue weighted by molar-refractivity contribution is -0.117. The van der Waals surface area contributed by atoms with Crippen molar-refractivity contribution in [2.24, 2.45) is 11.3 Å². The van der Waals surface area contributed by atoms with Crippen LogP contribution in [0.2, 0.25) is 0 Å². The molecular weight excluding hydrogens is 162 g/mol. The Morgan fingerprint density at radius 1 is 1.85 bits per heavy atom. The Bertz CT molecular complexity index is 329. The van der Waals surface area contributed by atoms with Gasteiger partial charge in [0.05, 0.1) is 11.5 Å². The summed E-state index contributed by atoms with van der Waals surface area (Å²) in [6, 6.07) is 1.98. The molecule has 0 amide bonds. The van der Waals surface area contributed by atoms with Gasteiger partial charge in [0.15, 0.2) is 5.78 Å². The summed E-state index contributed by atoms with van der Waals surface area (Å²) >= 11 is 0. The van der Waals surface area contributed by atoms with Crippen LogP contribution in [0.5, 0.6) is 0 Å². The number of allylic oxidation sites excluding steroid dienone is 2. The molecule has 0 aromatic rings. The average molecular weight is 173 g/mol.